The molecular formula is C54H36N4. The average molecular weight is 741 g/mol. The maximum atomic E-state index is 5.19. The molecule has 0 bridgehead atoms. The van der Waals surface area contributed by atoms with Crippen molar-refractivity contribution in [3.63, 3.8) is 0 Å². The smallest absolute Gasteiger partial charge is 0.145 e. The van der Waals surface area contributed by atoms with Gasteiger partial charge in [0.25, 0.3) is 0 Å². The number of hydrogen-bond acceptors (Lipinski definition) is 2. The summed E-state index contributed by atoms with van der Waals surface area (Å²) >= 11 is 0. The lowest BCUT2D eigenvalue weighted by Crippen LogP contribution is -1.97. The van der Waals surface area contributed by atoms with Crippen molar-refractivity contribution in [2.24, 2.45) is 0 Å². The maximum Gasteiger partial charge on any atom is 0.145 e. The van der Waals surface area contributed by atoms with Gasteiger partial charge in [0.1, 0.15) is 11.5 Å². The standard InChI is InChI=1S/C54H36N4/c1-4-16-40(17-5-1)53-52(56-51-25-12-13-32-57(51)53)39-28-26-37(27-29-39)43-33-44(35-45(34-43)48-24-14-20-38-15-10-11-23-47(38)48)42-30-31-49-50(36-42)58(46-21-8-3-9-22-46)54(55-49)41-18-6-2-7-19-41/h1-36H. The Bertz CT molecular complexity index is 3250. The molecule has 3 heterocycles. The molecule has 0 saturated carbocycles. The normalized spacial score (nSPS) is 11.4. The van der Waals surface area contributed by atoms with Gasteiger partial charge in [0.15, 0.2) is 0 Å². The van der Waals surface area contributed by atoms with Crippen LogP contribution in [0.5, 0.6) is 0 Å². The molecular weight excluding hydrogens is 705 g/mol. The molecule has 0 amide bonds. The highest BCUT2D eigenvalue weighted by Gasteiger charge is 2.18. The van der Waals surface area contributed by atoms with Crippen LogP contribution in [0.1, 0.15) is 0 Å². The Kier molecular flexibility index (Phi) is 8.11. The van der Waals surface area contributed by atoms with Crippen LogP contribution in [0.25, 0.3) is 100 Å². The molecule has 4 heteroatoms. The van der Waals surface area contributed by atoms with Gasteiger partial charge in [-0.3, -0.25) is 8.97 Å². The summed E-state index contributed by atoms with van der Waals surface area (Å²) in [5, 5.41) is 2.45. The zero-order valence-electron chi connectivity index (χ0n) is 31.6. The molecule has 0 fully saturated rings. The third-order valence-corrected chi connectivity index (χ3v) is 11.1. The van der Waals surface area contributed by atoms with Crippen LogP contribution in [0.2, 0.25) is 0 Å². The van der Waals surface area contributed by atoms with Crippen molar-refractivity contribution in [1.29, 1.82) is 0 Å². The van der Waals surface area contributed by atoms with Crippen LogP contribution in [0, 0.1) is 0 Å². The van der Waals surface area contributed by atoms with E-state index in [0.29, 0.717) is 0 Å². The van der Waals surface area contributed by atoms with Crippen LogP contribution in [0.15, 0.2) is 219 Å². The number of pyridine rings is 1. The molecule has 0 atom stereocenters. The predicted molar refractivity (Wildman–Crippen MR) is 240 cm³/mol. The lowest BCUT2D eigenvalue weighted by molar-refractivity contribution is 1.10. The van der Waals surface area contributed by atoms with Gasteiger partial charge in [0, 0.05) is 28.6 Å². The molecule has 0 aliphatic heterocycles. The van der Waals surface area contributed by atoms with Gasteiger partial charge in [0.2, 0.25) is 0 Å². The molecule has 11 rings (SSSR count). The fourth-order valence-electron chi connectivity index (χ4n) is 8.36. The summed E-state index contributed by atoms with van der Waals surface area (Å²) in [6, 6.07) is 75.5. The first-order chi connectivity index (χ1) is 28.7. The lowest BCUT2D eigenvalue weighted by atomic mass is 9.91. The summed E-state index contributed by atoms with van der Waals surface area (Å²) in [5.41, 5.74) is 16.3. The number of rotatable bonds is 7. The summed E-state index contributed by atoms with van der Waals surface area (Å²) < 4.78 is 4.47. The molecule has 0 saturated heterocycles. The third kappa shape index (κ3) is 5.87. The van der Waals surface area contributed by atoms with Crippen LogP contribution in [-0.2, 0) is 0 Å². The minimum Gasteiger partial charge on any atom is -0.299 e. The van der Waals surface area contributed by atoms with E-state index in [2.05, 4.69) is 215 Å². The fraction of sp³-hybridized carbons (Fsp3) is 0. The fourth-order valence-corrected chi connectivity index (χ4v) is 8.36. The topological polar surface area (TPSA) is 35.1 Å². The second-order valence-electron chi connectivity index (χ2n) is 14.7. The first kappa shape index (κ1) is 33.5. The number of benzene rings is 8. The van der Waals surface area contributed by atoms with Crippen molar-refractivity contribution in [3.8, 4) is 73.0 Å². The van der Waals surface area contributed by atoms with Crippen molar-refractivity contribution in [2.75, 3.05) is 0 Å². The molecule has 0 aliphatic rings. The molecule has 58 heavy (non-hydrogen) atoms. The molecule has 0 spiro atoms. The number of para-hydroxylation sites is 1. The largest absolute Gasteiger partial charge is 0.299 e. The van der Waals surface area contributed by atoms with Crippen LogP contribution < -0.4 is 0 Å². The number of fused-ring (bicyclic) bond motifs is 3. The van der Waals surface area contributed by atoms with Crippen molar-refractivity contribution in [1.82, 2.24) is 18.9 Å². The summed E-state index contributed by atoms with van der Waals surface area (Å²) in [4.78, 5) is 10.3. The van der Waals surface area contributed by atoms with Gasteiger partial charge in [-0.1, -0.05) is 158 Å². The number of imidazole rings is 2. The van der Waals surface area contributed by atoms with E-state index in [9.17, 15) is 0 Å². The number of nitrogens with zero attached hydrogens (tertiary/aromatic N) is 4. The molecule has 0 radical (unpaired) electrons. The Morgan fingerprint density at radius 2 is 1.00 bits per heavy atom. The molecule has 0 aliphatic carbocycles. The van der Waals surface area contributed by atoms with E-state index in [-0.39, 0.29) is 0 Å². The minimum atomic E-state index is 0.922. The van der Waals surface area contributed by atoms with Gasteiger partial charge >= 0.3 is 0 Å². The molecule has 3 aromatic heterocycles. The van der Waals surface area contributed by atoms with E-state index in [1.54, 1.807) is 0 Å². The third-order valence-electron chi connectivity index (χ3n) is 11.1. The average Bonchev–Trinajstić information content (AvgIpc) is 3.89. The van der Waals surface area contributed by atoms with Gasteiger partial charge in [-0.15, -0.1) is 0 Å². The zero-order valence-corrected chi connectivity index (χ0v) is 31.6. The van der Waals surface area contributed by atoms with Crippen LogP contribution in [0.3, 0.4) is 0 Å². The van der Waals surface area contributed by atoms with Gasteiger partial charge in [-0.25, -0.2) is 9.97 Å². The summed E-state index contributed by atoms with van der Waals surface area (Å²) in [6.07, 6.45) is 2.09. The van der Waals surface area contributed by atoms with Gasteiger partial charge in [0.05, 0.1) is 22.4 Å². The minimum absolute atomic E-state index is 0.922. The maximum absolute atomic E-state index is 5.19. The van der Waals surface area contributed by atoms with Crippen molar-refractivity contribution in [3.05, 3.63) is 219 Å². The Balaban J connectivity index is 1.08. The highest BCUT2D eigenvalue weighted by molar-refractivity contribution is 5.99. The highest BCUT2D eigenvalue weighted by atomic mass is 15.1. The van der Waals surface area contributed by atoms with Crippen molar-refractivity contribution < 1.29 is 0 Å². The lowest BCUT2D eigenvalue weighted by Gasteiger charge is -2.14. The Labute approximate surface area is 336 Å². The molecule has 4 nitrogen and oxygen atoms in total. The second kappa shape index (κ2) is 14.0. The van der Waals surface area contributed by atoms with E-state index in [0.717, 1.165) is 78.5 Å². The molecule has 11 aromatic rings. The number of aromatic nitrogens is 4. The van der Waals surface area contributed by atoms with E-state index in [1.807, 2.05) is 12.1 Å². The monoisotopic (exact) mass is 740 g/mol. The van der Waals surface area contributed by atoms with Gasteiger partial charge in [-0.05, 0) is 98.8 Å². The Morgan fingerprint density at radius 3 is 1.79 bits per heavy atom. The van der Waals surface area contributed by atoms with Crippen molar-refractivity contribution in [2.45, 2.75) is 0 Å². The van der Waals surface area contributed by atoms with Crippen LogP contribution >= 0.6 is 0 Å². The van der Waals surface area contributed by atoms with Crippen LogP contribution in [0.4, 0.5) is 0 Å². The molecule has 0 unspecified atom stereocenters. The summed E-state index contributed by atoms with van der Waals surface area (Å²) in [7, 11) is 0. The van der Waals surface area contributed by atoms with Crippen LogP contribution in [-0.4, -0.2) is 18.9 Å². The van der Waals surface area contributed by atoms with Gasteiger partial charge in [-0.2, -0.15) is 0 Å². The SMILES string of the molecule is c1ccc(-c2nc3ccc(-c4cc(-c5ccc(-c6nc7ccccn7c6-c6ccccc6)cc5)cc(-c5cccc6ccccc56)c4)cc3n2-c2ccccc2)cc1. The van der Waals surface area contributed by atoms with E-state index in [4.69, 9.17) is 9.97 Å². The van der Waals surface area contributed by atoms with E-state index >= 15 is 0 Å². The van der Waals surface area contributed by atoms with E-state index in [1.165, 1.54) is 21.9 Å². The number of hydrogen-bond donors (Lipinski definition) is 0. The summed E-state index contributed by atoms with van der Waals surface area (Å²) in [6.45, 7) is 0. The summed E-state index contributed by atoms with van der Waals surface area (Å²) in [5.74, 6) is 0.922. The molecule has 272 valence electrons. The quantitative estimate of drug-likeness (QED) is 0.163. The zero-order chi connectivity index (χ0) is 38.4. The second-order valence-corrected chi connectivity index (χ2v) is 14.7. The van der Waals surface area contributed by atoms with Gasteiger partial charge < -0.3 is 0 Å². The predicted octanol–water partition coefficient (Wildman–Crippen LogP) is 13.8. The highest BCUT2D eigenvalue weighted by Crippen LogP contribution is 2.39. The molecule has 8 aromatic carbocycles. The first-order valence-electron chi connectivity index (χ1n) is 19.7. The molecule has 0 N–H and O–H groups in total. The first-order valence-corrected chi connectivity index (χ1v) is 19.7. The Morgan fingerprint density at radius 1 is 0.379 bits per heavy atom. The Hall–Kier alpha value is -7.82. The van der Waals surface area contributed by atoms with E-state index < -0.39 is 0 Å². The van der Waals surface area contributed by atoms with Crippen molar-refractivity contribution >= 4 is 27.5 Å².